The number of pyridine rings is 1. The Morgan fingerprint density at radius 2 is 1.74 bits per heavy atom. The lowest BCUT2D eigenvalue weighted by atomic mass is 10.0. The molecule has 2 aromatic carbocycles. The van der Waals surface area contributed by atoms with Crippen molar-refractivity contribution in [2.24, 2.45) is 0 Å². The number of ether oxygens (including phenoxy) is 1. The predicted molar refractivity (Wildman–Crippen MR) is 136 cm³/mol. The van der Waals surface area contributed by atoms with Gasteiger partial charge in [0, 0.05) is 50.3 Å². The largest absolute Gasteiger partial charge is 0.417 e. The molecule has 0 aliphatic carbocycles. The van der Waals surface area contributed by atoms with Gasteiger partial charge in [0.25, 0.3) is 5.56 Å². The highest BCUT2D eigenvalue weighted by molar-refractivity contribution is 5.87. The van der Waals surface area contributed by atoms with Gasteiger partial charge in [-0.1, -0.05) is 37.3 Å². The zero-order valence-electron chi connectivity index (χ0n) is 19.6. The van der Waals surface area contributed by atoms with Gasteiger partial charge in [-0.05, 0) is 48.9 Å². The van der Waals surface area contributed by atoms with Crippen molar-refractivity contribution in [2.45, 2.75) is 12.8 Å². The summed E-state index contributed by atoms with van der Waals surface area (Å²) < 4.78 is 5.40. The molecule has 3 N–H and O–H groups in total. The van der Waals surface area contributed by atoms with E-state index in [0.717, 1.165) is 31.9 Å². The second-order valence-electron chi connectivity index (χ2n) is 8.59. The van der Waals surface area contributed by atoms with Gasteiger partial charge in [-0.15, -0.1) is 0 Å². The Morgan fingerprint density at radius 3 is 2.44 bits per heavy atom. The molecule has 1 unspecified atom stereocenters. The standard InChI is InChI=1S/C26H31N5O3/c1-19(20-6-4-3-5-7-20)18-28-23-12-13-27-25(32)24(23)34-26(33)29-21-8-10-22(11-9-21)31-16-14-30(2)15-17-31/h3-13,19H,14-18H2,1-2H3,(H,29,33)(H2,27,28,32). The molecule has 2 heterocycles. The summed E-state index contributed by atoms with van der Waals surface area (Å²) >= 11 is 0. The molecular weight excluding hydrogens is 430 g/mol. The first-order valence-corrected chi connectivity index (χ1v) is 11.5. The van der Waals surface area contributed by atoms with E-state index in [9.17, 15) is 9.59 Å². The normalized spacial score (nSPS) is 14.9. The fraction of sp³-hybridized carbons (Fsp3) is 0.308. The van der Waals surface area contributed by atoms with Crippen molar-refractivity contribution in [3.8, 4) is 5.75 Å². The Balaban J connectivity index is 1.37. The number of amides is 1. The topological polar surface area (TPSA) is 89.7 Å². The number of carbonyl (C=O) groups excluding carboxylic acids is 1. The summed E-state index contributed by atoms with van der Waals surface area (Å²) in [4.78, 5) is 32.1. The molecule has 3 aromatic rings. The van der Waals surface area contributed by atoms with Crippen LogP contribution in [0, 0.1) is 0 Å². The van der Waals surface area contributed by atoms with Crippen molar-refractivity contribution in [2.75, 3.05) is 55.3 Å². The van der Waals surface area contributed by atoms with Gasteiger partial charge in [0.2, 0.25) is 5.75 Å². The zero-order chi connectivity index (χ0) is 23.9. The monoisotopic (exact) mass is 461 g/mol. The number of carbonyl (C=O) groups is 1. The van der Waals surface area contributed by atoms with Gasteiger partial charge in [0.1, 0.15) is 0 Å². The average Bonchev–Trinajstić information content (AvgIpc) is 2.86. The van der Waals surface area contributed by atoms with Crippen LogP contribution in [0.5, 0.6) is 5.75 Å². The Morgan fingerprint density at radius 1 is 1.03 bits per heavy atom. The van der Waals surface area contributed by atoms with Crippen LogP contribution in [0.1, 0.15) is 18.4 Å². The molecule has 1 saturated heterocycles. The van der Waals surface area contributed by atoms with Gasteiger partial charge < -0.3 is 24.8 Å². The molecule has 1 amide bonds. The van der Waals surface area contributed by atoms with Crippen molar-refractivity contribution in [1.82, 2.24) is 9.88 Å². The highest BCUT2D eigenvalue weighted by atomic mass is 16.6. The summed E-state index contributed by atoms with van der Waals surface area (Å²) in [5.41, 5.74) is 2.89. The lowest BCUT2D eigenvalue weighted by Gasteiger charge is -2.34. The predicted octanol–water partition coefficient (Wildman–Crippen LogP) is 3.95. The van der Waals surface area contributed by atoms with Crippen LogP contribution in [-0.2, 0) is 0 Å². The number of anilines is 3. The van der Waals surface area contributed by atoms with Crippen LogP contribution in [0.4, 0.5) is 21.9 Å². The van der Waals surface area contributed by atoms with E-state index in [4.69, 9.17) is 4.74 Å². The van der Waals surface area contributed by atoms with Gasteiger partial charge in [-0.3, -0.25) is 10.1 Å². The van der Waals surface area contributed by atoms with Gasteiger partial charge in [0.05, 0.1) is 5.69 Å². The molecule has 4 rings (SSSR count). The van der Waals surface area contributed by atoms with E-state index >= 15 is 0 Å². The third-order valence-electron chi connectivity index (χ3n) is 6.06. The summed E-state index contributed by atoms with van der Waals surface area (Å²) in [5, 5.41) is 5.94. The van der Waals surface area contributed by atoms with E-state index in [2.05, 4.69) is 51.5 Å². The molecule has 1 aromatic heterocycles. The summed E-state index contributed by atoms with van der Waals surface area (Å²) in [6.45, 7) is 6.67. The smallest absolute Gasteiger partial charge is 0.402 e. The van der Waals surface area contributed by atoms with Gasteiger partial charge in [0.15, 0.2) is 0 Å². The number of piperazine rings is 1. The lowest BCUT2D eigenvalue weighted by Crippen LogP contribution is -2.44. The molecule has 1 atom stereocenters. The summed E-state index contributed by atoms with van der Waals surface area (Å²) in [6.07, 6.45) is 0.808. The number of aromatic nitrogens is 1. The number of hydrogen-bond donors (Lipinski definition) is 3. The SMILES string of the molecule is CC(CNc1cc[nH]c(=O)c1OC(=O)Nc1ccc(N2CCN(C)CC2)cc1)c1ccccc1. The zero-order valence-corrected chi connectivity index (χ0v) is 19.6. The quantitative estimate of drug-likeness (QED) is 0.494. The maximum absolute atomic E-state index is 12.5. The Kier molecular flexibility index (Phi) is 7.49. The van der Waals surface area contributed by atoms with Crippen molar-refractivity contribution < 1.29 is 9.53 Å². The van der Waals surface area contributed by atoms with Crippen molar-refractivity contribution >= 4 is 23.2 Å². The maximum atomic E-state index is 12.5. The van der Waals surface area contributed by atoms with Crippen LogP contribution in [0.25, 0.3) is 0 Å². The average molecular weight is 462 g/mol. The minimum absolute atomic E-state index is 0.0608. The molecule has 1 aliphatic heterocycles. The number of aromatic amines is 1. The summed E-state index contributed by atoms with van der Waals surface area (Å²) in [5.74, 6) is 0.148. The van der Waals surface area contributed by atoms with Gasteiger partial charge in [-0.2, -0.15) is 0 Å². The van der Waals surface area contributed by atoms with Crippen molar-refractivity contribution in [3.05, 3.63) is 82.8 Å². The Labute approximate surface area is 199 Å². The number of likely N-dealkylation sites (N-methyl/N-ethyl adjacent to an activating group) is 1. The second-order valence-corrected chi connectivity index (χ2v) is 8.59. The maximum Gasteiger partial charge on any atom is 0.417 e. The van der Waals surface area contributed by atoms with Crippen LogP contribution >= 0.6 is 0 Å². The number of rotatable bonds is 7. The highest BCUT2D eigenvalue weighted by Gasteiger charge is 2.16. The van der Waals surface area contributed by atoms with Crippen LogP contribution in [0.15, 0.2) is 71.7 Å². The van der Waals surface area contributed by atoms with Crippen LogP contribution in [0.3, 0.4) is 0 Å². The van der Waals surface area contributed by atoms with Crippen LogP contribution < -0.4 is 25.8 Å². The molecule has 0 saturated carbocycles. The van der Waals surface area contributed by atoms with Crippen molar-refractivity contribution in [3.63, 3.8) is 0 Å². The molecule has 1 aliphatic rings. The van der Waals surface area contributed by atoms with Crippen molar-refractivity contribution in [1.29, 1.82) is 0 Å². The van der Waals surface area contributed by atoms with Gasteiger partial charge in [-0.25, -0.2) is 4.79 Å². The van der Waals surface area contributed by atoms with Gasteiger partial charge >= 0.3 is 6.09 Å². The molecule has 0 spiro atoms. The molecular formula is C26H31N5O3. The number of benzene rings is 2. The first kappa shape index (κ1) is 23.4. The van der Waals surface area contributed by atoms with Crippen LogP contribution in [-0.4, -0.2) is 55.7 Å². The fourth-order valence-electron chi connectivity index (χ4n) is 3.92. The summed E-state index contributed by atoms with van der Waals surface area (Å²) in [7, 11) is 2.12. The lowest BCUT2D eigenvalue weighted by molar-refractivity contribution is 0.214. The minimum atomic E-state index is -0.719. The van der Waals surface area contributed by atoms with E-state index in [1.807, 2.05) is 42.5 Å². The molecule has 8 nitrogen and oxygen atoms in total. The fourth-order valence-corrected chi connectivity index (χ4v) is 3.92. The highest BCUT2D eigenvalue weighted by Crippen LogP contribution is 2.23. The molecule has 0 bridgehead atoms. The molecule has 0 radical (unpaired) electrons. The Bertz CT molecular complexity index is 1140. The first-order valence-electron chi connectivity index (χ1n) is 11.5. The Hall–Kier alpha value is -3.78. The third-order valence-corrected chi connectivity index (χ3v) is 6.06. The molecule has 178 valence electrons. The van der Waals surface area contributed by atoms with E-state index in [-0.39, 0.29) is 11.7 Å². The van der Waals surface area contributed by atoms with E-state index in [1.165, 1.54) is 11.8 Å². The number of hydrogen-bond acceptors (Lipinski definition) is 6. The summed E-state index contributed by atoms with van der Waals surface area (Å²) in [6, 6.07) is 19.4. The van der Waals surface area contributed by atoms with Crippen LogP contribution in [0.2, 0.25) is 0 Å². The van der Waals surface area contributed by atoms with E-state index in [1.54, 1.807) is 6.07 Å². The molecule has 34 heavy (non-hydrogen) atoms. The van der Waals surface area contributed by atoms with E-state index < -0.39 is 11.7 Å². The molecule has 8 heteroatoms. The number of nitrogens with one attached hydrogen (secondary N) is 3. The second kappa shape index (κ2) is 10.9. The minimum Gasteiger partial charge on any atom is -0.402 e. The molecule has 1 fully saturated rings. The number of H-pyrrole nitrogens is 1. The first-order chi connectivity index (χ1) is 16.5. The third kappa shape index (κ3) is 5.96. The number of nitrogens with zero attached hydrogens (tertiary/aromatic N) is 2. The van der Waals surface area contributed by atoms with E-state index in [0.29, 0.717) is 17.9 Å².